The molecule has 0 saturated carbocycles. The summed E-state index contributed by atoms with van der Waals surface area (Å²) in [5.41, 5.74) is 10.3. The second kappa shape index (κ2) is 6.89. The molecule has 27 heavy (non-hydrogen) atoms. The van der Waals surface area contributed by atoms with Gasteiger partial charge in [0.1, 0.15) is 0 Å². The average Bonchev–Trinajstić information content (AvgIpc) is 3.01. The molecule has 1 amide bonds. The second-order valence-corrected chi connectivity index (χ2v) is 7.56. The highest BCUT2D eigenvalue weighted by Crippen LogP contribution is 2.37. The van der Waals surface area contributed by atoms with Crippen LogP contribution in [-0.2, 0) is 11.2 Å². The number of carbonyl (C=O) groups is 1. The van der Waals surface area contributed by atoms with Gasteiger partial charge in [-0.2, -0.15) is 0 Å². The number of ether oxygens (including phenoxy) is 1. The van der Waals surface area contributed by atoms with Crippen LogP contribution in [0.5, 0.6) is 5.75 Å². The van der Waals surface area contributed by atoms with Crippen molar-refractivity contribution in [2.75, 3.05) is 11.1 Å². The fourth-order valence-electron chi connectivity index (χ4n) is 2.99. The maximum atomic E-state index is 12.5. The zero-order valence-electron chi connectivity index (χ0n) is 15.1. The number of fused-ring (bicyclic) bond motifs is 1. The van der Waals surface area contributed by atoms with Crippen molar-refractivity contribution in [1.82, 2.24) is 4.98 Å². The van der Waals surface area contributed by atoms with Gasteiger partial charge in [0.15, 0.2) is 16.6 Å². The summed E-state index contributed by atoms with van der Waals surface area (Å²) in [5, 5.41) is 3.43. The van der Waals surface area contributed by atoms with Crippen LogP contribution in [0, 0.1) is 6.92 Å². The number of rotatable bonds is 3. The molecule has 1 aromatic heterocycles. The smallest absolute Gasteiger partial charge is 0.291 e. The van der Waals surface area contributed by atoms with Gasteiger partial charge in [0.25, 0.3) is 5.91 Å². The summed E-state index contributed by atoms with van der Waals surface area (Å²) in [5.74, 6) is 0.609. The van der Waals surface area contributed by atoms with Crippen LogP contribution >= 0.6 is 11.3 Å². The van der Waals surface area contributed by atoms with Crippen LogP contribution in [0.4, 0.5) is 10.8 Å². The minimum atomic E-state index is -0.270. The number of hydrogen-bond acceptors (Lipinski definition) is 5. The Morgan fingerprint density at radius 2 is 2.00 bits per heavy atom. The monoisotopic (exact) mass is 377 g/mol. The Balaban J connectivity index is 1.63. The zero-order chi connectivity index (χ0) is 19.0. The Morgan fingerprint density at radius 1 is 1.22 bits per heavy atom. The van der Waals surface area contributed by atoms with E-state index in [2.05, 4.69) is 29.4 Å². The van der Waals surface area contributed by atoms with Crippen LogP contribution in [0.3, 0.4) is 0 Å². The standard InChI is InChI=1S/C21H19N3O2S/c1-3-13-4-6-14(7-5-13)10-18-20(25)23-16-11-15(8-9-17(16)26-18)19-12(2)27-21(22)24-19/h4-11H,3H2,1-2H3,(H2,22,24)(H,23,25)/b18-10+. The SMILES string of the molecule is CCc1ccc(/C=C2/Oc3ccc(-c4nc(N)sc4C)cc3NC2=O)cc1. The van der Waals surface area contributed by atoms with E-state index in [0.717, 1.165) is 28.1 Å². The largest absolute Gasteiger partial charge is 0.449 e. The van der Waals surface area contributed by atoms with Gasteiger partial charge in [0.05, 0.1) is 11.4 Å². The van der Waals surface area contributed by atoms with Gasteiger partial charge in [-0.15, -0.1) is 11.3 Å². The van der Waals surface area contributed by atoms with Crippen LogP contribution < -0.4 is 15.8 Å². The molecule has 1 aliphatic rings. The van der Waals surface area contributed by atoms with E-state index in [1.807, 2.05) is 37.3 Å². The third-order valence-corrected chi connectivity index (χ3v) is 5.24. The third kappa shape index (κ3) is 3.44. The molecule has 6 heteroatoms. The minimum absolute atomic E-state index is 0.270. The van der Waals surface area contributed by atoms with Crippen molar-refractivity contribution in [2.24, 2.45) is 0 Å². The molecule has 0 bridgehead atoms. The Labute approximate surface area is 161 Å². The normalized spacial score (nSPS) is 14.6. The van der Waals surface area contributed by atoms with E-state index in [-0.39, 0.29) is 11.7 Å². The lowest BCUT2D eigenvalue weighted by Gasteiger charge is -2.20. The summed E-state index contributed by atoms with van der Waals surface area (Å²) in [4.78, 5) is 17.9. The number of nitrogens with two attached hydrogens (primary N) is 1. The number of nitrogen functional groups attached to an aromatic ring is 1. The van der Waals surface area contributed by atoms with Crippen molar-refractivity contribution in [1.29, 1.82) is 0 Å². The Kier molecular flexibility index (Phi) is 4.41. The number of nitrogens with zero attached hydrogens (tertiary/aromatic N) is 1. The second-order valence-electron chi connectivity index (χ2n) is 6.33. The first-order valence-corrected chi connectivity index (χ1v) is 9.52. The van der Waals surface area contributed by atoms with Crippen molar-refractivity contribution in [3.63, 3.8) is 0 Å². The maximum absolute atomic E-state index is 12.5. The van der Waals surface area contributed by atoms with Crippen molar-refractivity contribution < 1.29 is 9.53 Å². The van der Waals surface area contributed by atoms with Crippen molar-refractivity contribution in [3.05, 3.63) is 64.2 Å². The Hall–Kier alpha value is -3.12. The molecule has 0 saturated heterocycles. The fraction of sp³-hybridized carbons (Fsp3) is 0.143. The highest BCUT2D eigenvalue weighted by Gasteiger charge is 2.23. The van der Waals surface area contributed by atoms with Crippen molar-refractivity contribution in [2.45, 2.75) is 20.3 Å². The number of aryl methyl sites for hydroxylation is 2. The highest BCUT2D eigenvalue weighted by molar-refractivity contribution is 7.15. The molecule has 5 nitrogen and oxygen atoms in total. The van der Waals surface area contributed by atoms with E-state index < -0.39 is 0 Å². The number of benzene rings is 2. The molecular formula is C21H19N3O2S. The summed E-state index contributed by atoms with van der Waals surface area (Å²) < 4.78 is 5.84. The summed E-state index contributed by atoms with van der Waals surface area (Å²) in [6.45, 7) is 4.08. The number of nitrogens with one attached hydrogen (secondary N) is 1. The van der Waals surface area contributed by atoms with Gasteiger partial charge in [-0.05, 0) is 48.7 Å². The first-order valence-electron chi connectivity index (χ1n) is 8.70. The lowest BCUT2D eigenvalue weighted by molar-refractivity contribution is -0.115. The zero-order valence-corrected chi connectivity index (χ0v) is 15.9. The lowest BCUT2D eigenvalue weighted by Crippen LogP contribution is -2.23. The molecule has 2 heterocycles. The van der Waals surface area contributed by atoms with Crippen molar-refractivity contribution in [3.8, 4) is 17.0 Å². The molecule has 0 aliphatic carbocycles. The predicted octanol–water partition coefficient (Wildman–Crippen LogP) is 4.64. The molecule has 3 aromatic rings. The molecule has 2 aromatic carbocycles. The number of amides is 1. The average molecular weight is 377 g/mol. The summed E-state index contributed by atoms with van der Waals surface area (Å²) >= 11 is 1.45. The molecule has 0 radical (unpaired) electrons. The first kappa shape index (κ1) is 17.3. The lowest BCUT2D eigenvalue weighted by atomic mass is 10.1. The van der Waals surface area contributed by atoms with Crippen molar-refractivity contribution >= 4 is 34.1 Å². The number of aromatic nitrogens is 1. The minimum Gasteiger partial charge on any atom is -0.449 e. The van der Waals surface area contributed by atoms with Gasteiger partial charge in [0.2, 0.25) is 0 Å². The number of anilines is 2. The Morgan fingerprint density at radius 3 is 2.67 bits per heavy atom. The number of carbonyl (C=O) groups excluding carboxylic acids is 1. The van der Waals surface area contributed by atoms with E-state index in [1.54, 1.807) is 6.08 Å². The summed E-state index contributed by atoms with van der Waals surface area (Å²) in [7, 11) is 0. The molecule has 0 fully saturated rings. The molecule has 0 spiro atoms. The fourth-order valence-corrected chi connectivity index (χ4v) is 3.70. The van der Waals surface area contributed by atoms with Crippen LogP contribution in [0.25, 0.3) is 17.3 Å². The molecule has 1 aliphatic heterocycles. The van der Waals surface area contributed by atoms with E-state index in [0.29, 0.717) is 16.6 Å². The molecule has 0 atom stereocenters. The van der Waals surface area contributed by atoms with Crippen LogP contribution in [0.15, 0.2) is 48.2 Å². The number of thiazole rings is 1. The van der Waals surface area contributed by atoms with Crippen LogP contribution in [0.2, 0.25) is 0 Å². The number of hydrogen-bond donors (Lipinski definition) is 2. The third-order valence-electron chi connectivity index (χ3n) is 4.44. The molecule has 4 rings (SSSR count). The van der Waals surface area contributed by atoms with E-state index in [9.17, 15) is 4.79 Å². The van der Waals surface area contributed by atoms with Crippen LogP contribution in [-0.4, -0.2) is 10.9 Å². The summed E-state index contributed by atoms with van der Waals surface area (Å²) in [6.07, 6.45) is 2.73. The molecule has 0 unspecified atom stereocenters. The van der Waals surface area contributed by atoms with E-state index >= 15 is 0 Å². The van der Waals surface area contributed by atoms with Crippen LogP contribution in [0.1, 0.15) is 22.9 Å². The van der Waals surface area contributed by atoms with Gasteiger partial charge >= 0.3 is 0 Å². The van der Waals surface area contributed by atoms with Gasteiger partial charge in [-0.3, -0.25) is 4.79 Å². The molecule has 136 valence electrons. The van der Waals surface area contributed by atoms with Gasteiger partial charge in [-0.1, -0.05) is 31.2 Å². The van der Waals surface area contributed by atoms with E-state index in [4.69, 9.17) is 10.5 Å². The van der Waals surface area contributed by atoms with E-state index in [1.165, 1.54) is 16.9 Å². The molecule has 3 N–H and O–H groups in total. The topological polar surface area (TPSA) is 77.2 Å². The van der Waals surface area contributed by atoms with Gasteiger partial charge in [0, 0.05) is 10.4 Å². The first-order chi connectivity index (χ1) is 13.0. The van der Waals surface area contributed by atoms with Gasteiger partial charge < -0.3 is 15.8 Å². The quantitative estimate of drug-likeness (QED) is 0.652. The van der Waals surface area contributed by atoms with Gasteiger partial charge in [-0.25, -0.2) is 4.98 Å². The highest BCUT2D eigenvalue weighted by atomic mass is 32.1. The maximum Gasteiger partial charge on any atom is 0.291 e. The predicted molar refractivity (Wildman–Crippen MR) is 110 cm³/mol. The molecular weight excluding hydrogens is 358 g/mol. The Bertz CT molecular complexity index is 1050. The summed E-state index contributed by atoms with van der Waals surface area (Å²) in [6, 6.07) is 13.7.